The van der Waals surface area contributed by atoms with Gasteiger partial charge in [-0.05, 0) is 94.0 Å². The van der Waals surface area contributed by atoms with Gasteiger partial charge in [-0.25, -0.2) is 9.59 Å². The number of urea groups is 1. The molecule has 0 radical (unpaired) electrons. The number of Topliss-reactive ketones (excluding diaryl/α,β-unsaturated/α-hetero) is 1. The van der Waals surface area contributed by atoms with E-state index >= 15 is 0 Å². The first-order chi connectivity index (χ1) is 19.9. The minimum absolute atomic E-state index is 0.00600. The third-order valence-corrected chi connectivity index (χ3v) is 8.44. The van der Waals surface area contributed by atoms with E-state index in [1.807, 2.05) is 56.5 Å². The van der Waals surface area contributed by atoms with Gasteiger partial charge in [-0.15, -0.1) is 11.8 Å². The largest absolute Gasteiger partial charge is 0.476 e. The number of hydrogen-bond donors (Lipinski definition) is 1. The maximum atomic E-state index is 13.9. The smallest absolute Gasteiger partial charge is 0.349 e. The van der Waals surface area contributed by atoms with E-state index in [1.165, 1.54) is 0 Å². The SMILES string of the molecule is CCOC(=O)C(C)(C)Oc1c(C)cc([C@H]2CN(C(=O)Nc3ccc(Cl)cc3)C[C@@H]2C(=O)c2ccc(SC)cc2)cc1C. The third-order valence-electron chi connectivity index (χ3n) is 7.45. The molecule has 7 nitrogen and oxygen atoms in total. The molecule has 1 heterocycles. The van der Waals surface area contributed by atoms with Crippen LogP contribution in [-0.4, -0.2) is 54.2 Å². The van der Waals surface area contributed by atoms with Crippen molar-refractivity contribution >= 4 is 46.8 Å². The number of hydrogen-bond acceptors (Lipinski definition) is 6. The molecular weight excluding hydrogens is 572 g/mol. The number of rotatable bonds is 9. The molecule has 2 atom stereocenters. The second-order valence-electron chi connectivity index (χ2n) is 11.0. The van der Waals surface area contributed by atoms with Crippen LogP contribution in [0.15, 0.2) is 65.6 Å². The summed E-state index contributed by atoms with van der Waals surface area (Å²) in [4.78, 5) is 42.5. The van der Waals surface area contributed by atoms with E-state index in [9.17, 15) is 14.4 Å². The van der Waals surface area contributed by atoms with E-state index in [4.69, 9.17) is 21.1 Å². The molecule has 1 N–H and O–H groups in total. The number of ether oxygens (including phenoxy) is 2. The molecule has 2 amide bonds. The number of carbonyl (C=O) groups is 3. The summed E-state index contributed by atoms with van der Waals surface area (Å²) in [5.41, 5.74) is 2.68. The van der Waals surface area contributed by atoms with Gasteiger partial charge in [-0.1, -0.05) is 35.9 Å². The Morgan fingerprint density at radius 2 is 1.62 bits per heavy atom. The Balaban J connectivity index is 1.65. The Labute approximate surface area is 256 Å². The van der Waals surface area contributed by atoms with Crippen LogP contribution in [0.1, 0.15) is 53.7 Å². The number of aryl methyl sites for hydroxylation is 2. The summed E-state index contributed by atoms with van der Waals surface area (Å²) < 4.78 is 11.4. The standard InChI is InChI=1S/C33H37ClN2O5S/c1-7-40-31(38)33(4,5)41-30-20(2)16-23(17-21(30)3)27-18-36(32(39)35-25-12-10-24(34)11-13-25)19-28(27)29(37)22-8-14-26(42-6)15-9-22/h8-17,27-28H,7,18-19H2,1-6H3,(H,35,39)/t27-,28+/m1/s1. The summed E-state index contributed by atoms with van der Waals surface area (Å²) in [6, 6.07) is 18.2. The van der Waals surface area contributed by atoms with Gasteiger partial charge in [0.15, 0.2) is 11.4 Å². The molecule has 1 fully saturated rings. The number of nitrogens with one attached hydrogen (secondary N) is 1. The monoisotopic (exact) mass is 608 g/mol. The predicted molar refractivity (Wildman–Crippen MR) is 168 cm³/mol. The molecule has 0 unspecified atom stereocenters. The zero-order valence-electron chi connectivity index (χ0n) is 24.8. The van der Waals surface area contributed by atoms with E-state index in [-0.39, 0.29) is 30.9 Å². The topological polar surface area (TPSA) is 84.9 Å². The highest BCUT2D eigenvalue weighted by Crippen LogP contribution is 2.39. The van der Waals surface area contributed by atoms with Crippen LogP contribution in [0.4, 0.5) is 10.5 Å². The summed E-state index contributed by atoms with van der Waals surface area (Å²) >= 11 is 7.62. The van der Waals surface area contributed by atoms with Crippen molar-refractivity contribution in [3.8, 4) is 5.75 Å². The van der Waals surface area contributed by atoms with Gasteiger partial charge >= 0.3 is 12.0 Å². The van der Waals surface area contributed by atoms with Crippen LogP contribution in [-0.2, 0) is 9.53 Å². The Bertz CT molecular complexity index is 1430. The normalized spacial score (nSPS) is 16.7. The first kappa shape index (κ1) is 31.4. The van der Waals surface area contributed by atoms with Crippen molar-refractivity contribution in [2.45, 2.75) is 51.0 Å². The molecule has 1 aliphatic heterocycles. The predicted octanol–water partition coefficient (Wildman–Crippen LogP) is 7.53. The van der Waals surface area contributed by atoms with E-state index < -0.39 is 17.5 Å². The molecule has 3 aromatic rings. The molecule has 0 aliphatic carbocycles. The number of carbonyl (C=O) groups excluding carboxylic acids is 3. The lowest BCUT2D eigenvalue weighted by Crippen LogP contribution is -2.40. The molecule has 222 valence electrons. The lowest BCUT2D eigenvalue weighted by Gasteiger charge is -2.27. The minimum atomic E-state index is -1.17. The fraction of sp³-hybridized carbons (Fsp3) is 0.364. The second kappa shape index (κ2) is 13.2. The number of likely N-dealkylation sites (tertiary alicyclic amines) is 1. The summed E-state index contributed by atoms with van der Waals surface area (Å²) in [5, 5.41) is 3.51. The first-order valence-corrected chi connectivity index (χ1v) is 15.5. The van der Waals surface area contributed by atoms with Crippen LogP contribution < -0.4 is 10.1 Å². The van der Waals surface area contributed by atoms with Crippen molar-refractivity contribution in [1.82, 2.24) is 4.90 Å². The Morgan fingerprint density at radius 3 is 2.19 bits per heavy atom. The quantitative estimate of drug-likeness (QED) is 0.154. The average Bonchev–Trinajstić information content (AvgIpc) is 3.42. The first-order valence-electron chi connectivity index (χ1n) is 13.9. The van der Waals surface area contributed by atoms with Crippen molar-refractivity contribution in [2.75, 3.05) is 31.3 Å². The van der Waals surface area contributed by atoms with Crippen molar-refractivity contribution in [3.05, 3.63) is 87.9 Å². The third kappa shape index (κ3) is 7.10. The molecule has 4 rings (SSSR count). The van der Waals surface area contributed by atoms with E-state index in [2.05, 4.69) is 5.32 Å². The van der Waals surface area contributed by atoms with Gasteiger partial charge in [0, 0.05) is 46.1 Å². The van der Waals surface area contributed by atoms with Crippen LogP contribution in [0.2, 0.25) is 5.02 Å². The zero-order valence-corrected chi connectivity index (χ0v) is 26.4. The van der Waals surface area contributed by atoms with Crippen molar-refractivity contribution in [3.63, 3.8) is 0 Å². The van der Waals surface area contributed by atoms with E-state index in [0.717, 1.165) is 21.6 Å². The fourth-order valence-electron chi connectivity index (χ4n) is 5.24. The number of esters is 1. The number of ketones is 1. The molecule has 9 heteroatoms. The molecule has 1 saturated heterocycles. The van der Waals surface area contributed by atoms with Gasteiger partial charge in [0.1, 0.15) is 5.75 Å². The highest BCUT2D eigenvalue weighted by Gasteiger charge is 2.41. The number of halogens is 1. The Hall–Kier alpha value is -3.49. The van der Waals surface area contributed by atoms with Gasteiger partial charge in [-0.3, -0.25) is 4.79 Å². The van der Waals surface area contributed by atoms with Gasteiger partial charge in [0.25, 0.3) is 0 Å². The summed E-state index contributed by atoms with van der Waals surface area (Å²) in [5.74, 6) is -0.527. The van der Waals surface area contributed by atoms with Gasteiger partial charge in [-0.2, -0.15) is 0 Å². The van der Waals surface area contributed by atoms with Crippen LogP contribution in [0, 0.1) is 19.8 Å². The van der Waals surface area contributed by atoms with Crippen LogP contribution in [0.3, 0.4) is 0 Å². The second-order valence-corrected chi connectivity index (χ2v) is 12.3. The lowest BCUT2D eigenvalue weighted by atomic mass is 9.82. The number of nitrogens with zero attached hydrogens (tertiary/aromatic N) is 1. The zero-order chi connectivity index (χ0) is 30.6. The number of thioether (sulfide) groups is 1. The Kier molecular flexibility index (Phi) is 9.89. The molecule has 0 bridgehead atoms. The molecule has 3 aromatic carbocycles. The van der Waals surface area contributed by atoms with Crippen LogP contribution in [0.5, 0.6) is 5.75 Å². The molecule has 0 spiro atoms. The number of amides is 2. The average molecular weight is 609 g/mol. The molecular formula is C33H37ClN2O5S. The fourth-order valence-corrected chi connectivity index (χ4v) is 5.77. The van der Waals surface area contributed by atoms with Gasteiger partial charge in [0.2, 0.25) is 0 Å². The van der Waals surface area contributed by atoms with E-state index in [0.29, 0.717) is 28.6 Å². The number of benzene rings is 3. The van der Waals surface area contributed by atoms with Crippen molar-refractivity contribution in [1.29, 1.82) is 0 Å². The molecule has 42 heavy (non-hydrogen) atoms. The van der Waals surface area contributed by atoms with Gasteiger partial charge < -0.3 is 19.7 Å². The highest BCUT2D eigenvalue weighted by atomic mass is 35.5. The molecule has 0 saturated carbocycles. The summed E-state index contributed by atoms with van der Waals surface area (Å²) in [7, 11) is 0. The molecule has 0 aromatic heterocycles. The highest BCUT2D eigenvalue weighted by molar-refractivity contribution is 7.98. The maximum absolute atomic E-state index is 13.9. The number of anilines is 1. The van der Waals surface area contributed by atoms with Crippen molar-refractivity contribution < 1.29 is 23.9 Å². The van der Waals surface area contributed by atoms with Crippen LogP contribution >= 0.6 is 23.4 Å². The summed E-state index contributed by atoms with van der Waals surface area (Å²) in [6.45, 7) is 9.88. The van der Waals surface area contributed by atoms with Crippen LogP contribution in [0.25, 0.3) is 0 Å². The van der Waals surface area contributed by atoms with Gasteiger partial charge in [0.05, 0.1) is 6.61 Å². The van der Waals surface area contributed by atoms with Crippen molar-refractivity contribution in [2.24, 2.45) is 5.92 Å². The maximum Gasteiger partial charge on any atom is 0.349 e. The van der Waals surface area contributed by atoms with E-state index in [1.54, 1.807) is 61.7 Å². The minimum Gasteiger partial charge on any atom is -0.476 e. The molecule has 1 aliphatic rings. The lowest BCUT2D eigenvalue weighted by molar-refractivity contribution is -0.158. The Morgan fingerprint density at radius 1 is 1.00 bits per heavy atom. The summed E-state index contributed by atoms with van der Waals surface area (Å²) in [6.07, 6.45) is 1.99.